The molecule has 1 aromatic carbocycles. The van der Waals surface area contributed by atoms with Gasteiger partial charge in [-0.25, -0.2) is 0 Å². The third kappa shape index (κ3) is 1.55. The van der Waals surface area contributed by atoms with E-state index in [0.29, 0.717) is 6.54 Å². The van der Waals surface area contributed by atoms with Gasteiger partial charge in [0.1, 0.15) is 0 Å². The van der Waals surface area contributed by atoms with E-state index in [1.54, 1.807) is 0 Å². The Balaban J connectivity index is 2.69. The number of H-pyrrole nitrogens is 1. The smallest absolute Gasteiger partial charge is 0.0486 e. The van der Waals surface area contributed by atoms with E-state index < -0.39 is 0 Å². The number of nitrogens with two attached hydrogens (primary N) is 1. The largest absolute Gasteiger partial charge is 0.361 e. The molecule has 0 radical (unpaired) electrons. The van der Waals surface area contributed by atoms with Gasteiger partial charge in [-0.2, -0.15) is 0 Å². The Hall–Kier alpha value is -1.28. The zero-order chi connectivity index (χ0) is 11.1. The first-order valence-electron chi connectivity index (χ1n) is 5.33. The lowest BCUT2D eigenvalue weighted by molar-refractivity contribution is 0.544. The fraction of sp³-hybridized carbons (Fsp3) is 0.385. The van der Waals surface area contributed by atoms with Crippen LogP contribution in [0.5, 0.6) is 0 Å². The van der Waals surface area contributed by atoms with Gasteiger partial charge in [0.15, 0.2) is 0 Å². The number of aromatic nitrogens is 1. The number of rotatable bonds is 2. The number of fused-ring (bicyclic) bond motifs is 1. The summed E-state index contributed by atoms with van der Waals surface area (Å²) in [5.41, 5.74) is 9.67. The van der Waals surface area contributed by atoms with E-state index in [2.05, 4.69) is 50.2 Å². The summed E-state index contributed by atoms with van der Waals surface area (Å²) in [6.45, 7) is 7.14. The second-order valence-electron chi connectivity index (χ2n) is 4.79. The monoisotopic (exact) mass is 202 g/mol. The van der Waals surface area contributed by atoms with Crippen molar-refractivity contribution in [1.29, 1.82) is 0 Å². The number of aromatic amines is 1. The molecule has 2 nitrogen and oxygen atoms in total. The molecule has 80 valence electrons. The average Bonchev–Trinajstić information content (AvgIpc) is 2.63. The minimum Gasteiger partial charge on any atom is -0.361 e. The Labute approximate surface area is 90.5 Å². The third-order valence-electron chi connectivity index (χ3n) is 3.16. The molecule has 2 heteroatoms. The molecule has 0 aliphatic heterocycles. The van der Waals surface area contributed by atoms with Crippen molar-refractivity contribution in [3.8, 4) is 0 Å². The highest BCUT2D eigenvalue weighted by atomic mass is 14.7. The Kier molecular flexibility index (Phi) is 2.31. The molecule has 0 amide bonds. The highest BCUT2D eigenvalue weighted by Crippen LogP contribution is 2.30. The van der Waals surface area contributed by atoms with Gasteiger partial charge in [0, 0.05) is 29.1 Å². The number of hydrogen-bond donors (Lipinski definition) is 2. The zero-order valence-electron chi connectivity index (χ0n) is 9.59. The lowest BCUT2D eigenvalue weighted by atomic mass is 9.84. The van der Waals surface area contributed by atoms with E-state index in [1.165, 1.54) is 22.0 Å². The van der Waals surface area contributed by atoms with Crippen molar-refractivity contribution in [3.63, 3.8) is 0 Å². The maximum absolute atomic E-state index is 5.81. The second kappa shape index (κ2) is 3.38. The molecule has 0 bridgehead atoms. The summed E-state index contributed by atoms with van der Waals surface area (Å²) in [6, 6.07) is 6.38. The Morgan fingerprint density at radius 1 is 1.33 bits per heavy atom. The number of hydrogen-bond acceptors (Lipinski definition) is 1. The maximum Gasteiger partial charge on any atom is 0.0486 e. The van der Waals surface area contributed by atoms with E-state index in [4.69, 9.17) is 5.73 Å². The molecule has 0 unspecified atom stereocenters. The van der Waals surface area contributed by atoms with Gasteiger partial charge in [-0.1, -0.05) is 32.0 Å². The molecule has 2 aromatic rings. The highest BCUT2D eigenvalue weighted by Gasteiger charge is 2.22. The molecule has 0 saturated carbocycles. The Morgan fingerprint density at radius 3 is 2.73 bits per heavy atom. The molecule has 0 spiro atoms. The van der Waals surface area contributed by atoms with Gasteiger partial charge in [0.2, 0.25) is 0 Å². The van der Waals surface area contributed by atoms with E-state index in [1.807, 2.05) is 0 Å². The van der Waals surface area contributed by atoms with Crippen LogP contribution in [0.3, 0.4) is 0 Å². The fourth-order valence-corrected chi connectivity index (χ4v) is 1.98. The van der Waals surface area contributed by atoms with Crippen LogP contribution in [-0.2, 0) is 5.41 Å². The molecule has 0 fully saturated rings. The standard InChI is InChI=1S/C13H18N2/c1-9-5-4-6-10-11(7-15-12(9)10)13(2,3)8-14/h4-7,15H,8,14H2,1-3H3. The number of nitrogens with one attached hydrogen (secondary N) is 1. The lowest BCUT2D eigenvalue weighted by Crippen LogP contribution is -2.27. The number of aryl methyl sites for hydroxylation is 1. The van der Waals surface area contributed by atoms with Crippen LogP contribution in [0.1, 0.15) is 25.0 Å². The molecular weight excluding hydrogens is 184 g/mol. The van der Waals surface area contributed by atoms with Crippen LogP contribution in [0.25, 0.3) is 10.9 Å². The highest BCUT2D eigenvalue weighted by molar-refractivity contribution is 5.86. The van der Waals surface area contributed by atoms with E-state index in [0.717, 1.165) is 0 Å². The van der Waals surface area contributed by atoms with Crippen LogP contribution in [-0.4, -0.2) is 11.5 Å². The molecule has 3 N–H and O–H groups in total. The van der Waals surface area contributed by atoms with Crippen LogP contribution in [0.2, 0.25) is 0 Å². The molecule has 2 rings (SSSR count). The van der Waals surface area contributed by atoms with Gasteiger partial charge in [0.05, 0.1) is 0 Å². The summed E-state index contributed by atoms with van der Waals surface area (Å²) >= 11 is 0. The molecule has 0 aliphatic carbocycles. The second-order valence-corrected chi connectivity index (χ2v) is 4.79. The predicted octanol–water partition coefficient (Wildman–Crippen LogP) is 2.71. The van der Waals surface area contributed by atoms with Crippen LogP contribution in [0.15, 0.2) is 24.4 Å². The van der Waals surface area contributed by atoms with Crippen molar-refractivity contribution in [2.45, 2.75) is 26.2 Å². The average molecular weight is 202 g/mol. The van der Waals surface area contributed by atoms with E-state index >= 15 is 0 Å². The first kappa shape index (κ1) is 10.2. The number of para-hydroxylation sites is 1. The maximum atomic E-state index is 5.81. The summed E-state index contributed by atoms with van der Waals surface area (Å²) < 4.78 is 0. The summed E-state index contributed by atoms with van der Waals surface area (Å²) in [6.07, 6.45) is 2.09. The van der Waals surface area contributed by atoms with Crippen molar-refractivity contribution in [3.05, 3.63) is 35.5 Å². The van der Waals surface area contributed by atoms with Gasteiger partial charge < -0.3 is 10.7 Å². The van der Waals surface area contributed by atoms with Crippen molar-refractivity contribution < 1.29 is 0 Å². The molecular formula is C13H18N2. The van der Waals surface area contributed by atoms with Crippen LogP contribution in [0, 0.1) is 6.92 Å². The van der Waals surface area contributed by atoms with Crippen molar-refractivity contribution in [2.24, 2.45) is 5.73 Å². The van der Waals surface area contributed by atoms with E-state index in [-0.39, 0.29) is 5.41 Å². The number of benzene rings is 1. The van der Waals surface area contributed by atoms with Gasteiger partial charge >= 0.3 is 0 Å². The molecule has 1 heterocycles. The Morgan fingerprint density at radius 2 is 2.07 bits per heavy atom. The van der Waals surface area contributed by atoms with Crippen molar-refractivity contribution in [2.75, 3.05) is 6.54 Å². The minimum atomic E-state index is 0.0338. The van der Waals surface area contributed by atoms with Crippen molar-refractivity contribution in [1.82, 2.24) is 4.98 Å². The molecule has 1 aromatic heterocycles. The van der Waals surface area contributed by atoms with Gasteiger partial charge in [0.25, 0.3) is 0 Å². The predicted molar refractivity (Wildman–Crippen MR) is 65.1 cm³/mol. The fourth-order valence-electron chi connectivity index (χ4n) is 1.98. The molecule has 0 saturated heterocycles. The Bertz CT molecular complexity index is 480. The molecule has 0 aliphatic rings. The van der Waals surface area contributed by atoms with Crippen LogP contribution in [0.4, 0.5) is 0 Å². The minimum absolute atomic E-state index is 0.0338. The topological polar surface area (TPSA) is 41.8 Å². The third-order valence-corrected chi connectivity index (χ3v) is 3.16. The first-order chi connectivity index (χ1) is 7.06. The lowest BCUT2D eigenvalue weighted by Gasteiger charge is -2.21. The first-order valence-corrected chi connectivity index (χ1v) is 5.33. The SMILES string of the molecule is Cc1cccc2c(C(C)(C)CN)c[nH]c12. The molecule has 15 heavy (non-hydrogen) atoms. The summed E-state index contributed by atoms with van der Waals surface area (Å²) in [5.74, 6) is 0. The summed E-state index contributed by atoms with van der Waals surface area (Å²) in [4.78, 5) is 3.34. The summed E-state index contributed by atoms with van der Waals surface area (Å²) in [5, 5.41) is 1.30. The van der Waals surface area contributed by atoms with Crippen molar-refractivity contribution >= 4 is 10.9 Å². The molecule has 0 atom stereocenters. The van der Waals surface area contributed by atoms with Crippen LogP contribution >= 0.6 is 0 Å². The van der Waals surface area contributed by atoms with Gasteiger partial charge in [-0.15, -0.1) is 0 Å². The van der Waals surface area contributed by atoms with Crippen LogP contribution < -0.4 is 5.73 Å². The normalized spacial score (nSPS) is 12.3. The van der Waals surface area contributed by atoms with Gasteiger partial charge in [-0.3, -0.25) is 0 Å². The van der Waals surface area contributed by atoms with Gasteiger partial charge in [-0.05, 0) is 18.1 Å². The summed E-state index contributed by atoms with van der Waals surface area (Å²) in [7, 11) is 0. The zero-order valence-corrected chi connectivity index (χ0v) is 9.59. The van der Waals surface area contributed by atoms with E-state index in [9.17, 15) is 0 Å². The quantitative estimate of drug-likeness (QED) is 0.772.